The molecule has 0 N–H and O–H groups in total. The van der Waals surface area contributed by atoms with Crippen LogP contribution in [-0.4, -0.2) is 17.9 Å². The highest BCUT2D eigenvalue weighted by Gasteiger charge is 2.14. The number of Topliss-reactive ketones (excluding diaryl/α,β-unsaturated/α-hetero) is 1. The molecule has 130 valence electrons. The smallest absolute Gasteiger partial charge is 0.287 e. The van der Waals surface area contributed by atoms with Crippen molar-refractivity contribution in [2.24, 2.45) is 0 Å². The van der Waals surface area contributed by atoms with Gasteiger partial charge in [0.25, 0.3) is 6.33 Å². The summed E-state index contributed by atoms with van der Waals surface area (Å²) in [5, 5.41) is 8.80. The fourth-order valence-electron chi connectivity index (χ4n) is 2.48. The van der Waals surface area contributed by atoms with Crippen LogP contribution in [0.25, 0.3) is 11.3 Å². The van der Waals surface area contributed by atoms with Crippen molar-refractivity contribution in [3.8, 4) is 23.1 Å². The molecule has 3 aromatic rings. The zero-order chi connectivity index (χ0) is 17.6. The Morgan fingerprint density at radius 1 is 1.15 bits per heavy atom. The molecule has 0 bridgehead atoms. The molecule has 0 saturated carbocycles. The minimum atomic E-state index is -0.0404. The van der Waals surface area contributed by atoms with E-state index < -0.39 is 0 Å². The maximum atomic E-state index is 12.3. The van der Waals surface area contributed by atoms with Crippen LogP contribution in [0.15, 0.2) is 67.1 Å². The van der Waals surface area contributed by atoms with E-state index in [1.165, 1.54) is 0 Å². The topological polar surface area (TPSA) is 66.9 Å². The molecule has 0 amide bonds. The first-order valence-electron chi connectivity index (χ1n) is 7.73. The first-order valence-corrected chi connectivity index (χ1v) is 7.73. The summed E-state index contributed by atoms with van der Waals surface area (Å²) in [5.41, 5.74) is 2.78. The summed E-state index contributed by atoms with van der Waals surface area (Å²) in [5.74, 6) is 0.711. The Morgan fingerprint density at radius 2 is 1.88 bits per heavy atom. The van der Waals surface area contributed by atoms with E-state index in [1.807, 2.05) is 42.6 Å². The van der Waals surface area contributed by atoms with Gasteiger partial charge < -0.3 is 4.74 Å². The fourth-order valence-corrected chi connectivity index (χ4v) is 2.48. The van der Waals surface area contributed by atoms with E-state index in [-0.39, 0.29) is 29.3 Å². The molecule has 0 aliphatic carbocycles. The second kappa shape index (κ2) is 8.88. The van der Waals surface area contributed by atoms with Gasteiger partial charge in [-0.2, -0.15) is 5.26 Å². The SMILES string of the molecule is Br.COc1ccccc1-c1cc[n+](CC(=O)c2ccc(C#N)cc2)cn1. The van der Waals surface area contributed by atoms with Crippen molar-refractivity contribution >= 4 is 22.8 Å². The quantitative estimate of drug-likeness (QED) is 0.477. The molecule has 0 unspecified atom stereocenters. The van der Waals surface area contributed by atoms with Crippen LogP contribution >= 0.6 is 17.0 Å². The second-order valence-electron chi connectivity index (χ2n) is 5.43. The van der Waals surface area contributed by atoms with Crippen molar-refractivity contribution in [1.29, 1.82) is 5.26 Å². The van der Waals surface area contributed by atoms with Gasteiger partial charge in [0.1, 0.15) is 5.75 Å². The van der Waals surface area contributed by atoms with Crippen LogP contribution in [0.1, 0.15) is 15.9 Å². The number of halogens is 1. The summed E-state index contributed by atoms with van der Waals surface area (Å²) in [6, 6.07) is 18.1. The van der Waals surface area contributed by atoms with E-state index in [4.69, 9.17) is 10.00 Å². The summed E-state index contributed by atoms with van der Waals surface area (Å²) in [6.45, 7) is 0.186. The van der Waals surface area contributed by atoms with Crippen molar-refractivity contribution in [3.05, 3.63) is 78.2 Å². The maximum absolute atomic E-state index is 12.3. The summed E-state index contributed by atoms with van der Waals surface area (Å²) in [7, 11) is 1.62. The Balaban J connectivity index is 0.00000243. The van der Waals surface area contributed by atoms with Crippen molar-refractivity contribution in [2.45, 2.75) is 6.54 Å². The number of carbonyl (C=O) groups is 1. The number of benzene rings is 2. The number of hydrogen-bond donors (Lipinski definition) is 0. The summed E-state index contributed by atoms with van der Waals surface area (Å²) >= 11 is 0. The Hall–Kier alpha value is -3.04. The number of rotatable bonds is 5. The van der Waals surface area contributed by atoms with Gasteiger partial charge >= 0.3 is 0 Å². The number of ether oxygens (including phenoxy) is 1. The molecule has 0 saturated heterocycles. The highest BCUT2D eigenvalue weighted by molar-refractivity contribution is 8.93. The molecular weight excluding hydrogens is 394 g/mol. The van der Waals surface area contributed by atoms with Gasteiger partial charge in [0.2, 0.25) is 5.78 Å². The first kappa shape index (κ1) is 19.3. The molecule has 0 aliphatic rings. The zero-order valence-electron chi connectivity index (χ0n) is 14.1. The van der Waals surface area contributed by atoms with E-state index in [1.54, 1.807) is 42.3 Å². The van der Waals surface area contributed by atoms with Gasteiger partial charge in [-0.25, -0.2) is 4.57 Å². The minimum absolute atomic E-state index is 0. The third kappa shape index (κ3) is 4.32. The van der Waals surface area contributed by atoms with Crippen molar-refractivity contribution in [2.75, 3.05) is 7.11 Å². The molecule has 26 heavy (non-hydrogen) atoms. The standard InChI is InChI=1S/C20H16N3O2.BrH/c1-25-20-5-3-2-4-17(20)18-10-11-23(14-22-18)13-19(24)16-8-6-15(12-21)7-9-16;/h2-11,14H,13H2,1H3;1H/q+1;. The number of carbonyl (C=O) groups excluding carboxylic acids is 1. The highest BCUT2D eigenvalue weighted by Crippen LogP contribution is 2.26. The Morgan fingerprint density at radius 3 is 2.50 bits per heavy atom. The lowest BCUT2D eigenvalue weighted by molar-refractivity contribution is -0.686. The van der Waals surface area contributed by atoms with Gasteiger partial charge in [0.15, 0.2) is 12.2 Å². The average molecular weight is 411 g/mol. The molecule has 0 spiro atoms. The number of aromatic nitrogens is 2. The number of nitriles is 1. The Bertz CT molecular complexity index is 933. The van der Waals surface area contributed by atoms with Gasteiger partial charge in [-0.05, 0) is 41.4 Å². The van der Waals surface area contributed by atoms with E-state index in [0.717, 1.165) is 17.0 Å². The predicted octanol–water partition coefficient (Wildman–Crippen LogP) is 3.38. The van der Waals surface area contributed by atoms with E-state index in [2.05, 4.69) is 4.98 Å². The average Bonchev–Trinajstić information content (AvgIpc) is 2.68. The van der Waals surface area contributed by atoms with E-state index >= 15 is 0 Å². The maximum Gasteiger partial charge on any atom is 0.287 e. The van der Waals surface area contributed by atoms with E-state index in [9.17, 15) is 4.79 Å². The monoisotopic (exact) mass is 410 g/mol. The third-order valence-electron chi connectivity index (χ3n) is 3.81. The fraction of sp³-hybridized carbons (Fsp3) is 0.100. The molecule has 3 rings (SSSR count). The predicted molar refractivity (Wildman–Crippen MR) is 102 cm³/mol. The summed E-state index contributed by atoms with van der Waals surface area (Å²) in [4.78, 5) is 16.7. The van der Waals surface area contributed by atoms with Crippen LogP contribution in [-0.2, 0) is 6.54 Å². The molecule has 0 radical (unpaired) electrons. The molecule has 6 heteroatoms. The molecule has 0 atom stereocenters. The van der Waals surface area contributed by atoms with Gasteiger partial charge in [0.05, 0.1) is 30.5 Å². The van der Waals surface area contributed by atoms with Crippen molar-refractivity contribution in [3.63, 3.8) is 0 Å². The lowest BCUT2D eigenvalue weighted by Crippen LogP contribution is -2.37. The number of hydrogen-bond acceptors (Lipinski definition) is 4. The van der Waals surface area contributed by atoms with Crippen LogP contribution in [0.4, 0.5) is 0 Å². The van der Waals surface area contributed by atoms with Gasteiger partial charge in [-0.1, -0.05) is 12.1 Å². The van der Waals surface area contributed by atoms with Crippen molar-refractivity contribution in [1.82, 2.24) is 4.98 Å². The van der Waals surface area contributed by atoms with Gasteiger partial charge in [-0.3, -0.25) is 4.79 Å². The number of nitrogens with zero attached hydrogens (tertiary/aromatic N) is 3. The lowest BCUT2D eigenvalue weighted by Gasteiger charge is -2.05. The van der Waals surface area contributed by atoms with Crippen LogP contribution < -0.4 is 9.30 Å². The van der Waals surface area contributed by atoms with Gasteiger partial charge in [-0.15, -0.1) is 17.0 Å². The number of para-hydroxylation sites is 1. The molecule has 2 aromatic carbocycles. The highest BCUT2D eigenvalue weighted by atomic mass is 79.9. The van der Waals surface area contributed by atoms with Crippen molar-refractivity contribution < 1.29 is 14.1 Å². The third-order valence-corrected chi connectivity index (χ3v) is 3.81. The summed E-state index contributed by atoms with van der Waals surface area (Å²) in [6.07, 6.45) is 3.44. The Kier molecular flexibility index (Phi) is 6.59. The molecule has 5 nitrogen and oxygen atoms in total. The molecule has 1 heterocycles. The molecule has 0 fully saturated rings. The second-order valence-corrected chi connectivity index (χ2v) is 5.43. The zero-order valence-corrected chi connectivity index (χ0v) is 15.8. The number of methoxy groups -OCH3 is 1. The number of ketones is 1. The normalized spacial score (nSPS) is 9.69. The first-order chi connectivity index (χ1) is 12.2. The van der Waals surface area contributed by atoms with Crippen LogP contribution in [0.2, 0.25) is 0 Å². The molecular formula is C20H17BrN3O2+. The lowest BCUT2D eigenvalue weighted by atomic mass is 10.1. The molecule has 0 aliphatic heterocycles. The van der Waals surface area contributed by atoms with Crippen LogP contribution in [0, 0.1) is 11.3 Å². The molecule has 1 aromatic heterocycles. The Labute approximate surface area is 162 Å². The largest absolute Gasteiger partial charge is 0.496 e. The van der Waals surface area contributed by atoms with Crippen LogP contribution in [0.5, 0.6) is 5.75 Å². The van der Waals surface area contributed by atoms with Crippen LogP contribution in [0.3, 0.4) is 0 Å². The van der Waals surface area contributed by atoms with Gasteiger partial charge in [0, 0.05) is 11.6 Å². The minimum Gasteiger partial charge on any atom is -0.496 e. The van der Waals surface area contributed by atoms with E-state index in [0.29, 0.717) is 11.1 Å². The summed E-state index contributed by atoms with van der Waals surface area (Å²) < 4.78 is 7.07.